The van der Waals surface area contributed by atoms with Crippen LogP contribution in [0.1, 0.15) is 53.4 Å². The molecule has 0 aromatic carbocycles. The first kappa shape index (κ1) is 13.4. The third-order valence-electron chi connectivity index (χ3n) is 2.41. The fourth-order valence-corrected chi connectivity index (χ4v) is 1.31. The van der Waals surface area contributed by atoms with Crippen molar-refractivity contribution in [3.05, 3.63) is 0 Å². The van der Waals surface area contributed by atoms with E-state index < -0.39 is 0 Å². The Morgan fingerprint density at radius 3 is 2.36 bits per heavy atom. The molecule has 0 heterocycles. The largest absolute Gasteiger partial charge is 0.226 e. The van der Waals surface area contributed by atoms with Crippen LogP contribution in [0.3, 0.4) is 0 Å². The Morgan fingerprint density at radius 1 is 1.07 bits per heavy atom. The van der Waals surface area contributed by atoms with E-state index in [0.29, 0.717) is 5.41 Å². The summed E-state index contributed by atoms with van der Waals surface area (Å²) < 4.78 is 0. The van der Waals surface area contributed by atoms with Gasteiger partial charge in [0.15, 0.2) is 0 Å². The molecule has 0 rings (SSSR count). The average Bonchev–Trinajstić information content (AvgIpc) is 2.15. The van der Waals surface area contributed by atoms with E-state index in [0.717, 1.165) is 19.5 Å². The smallest absolute Gasteiger partial charge is 0.0892 e. The molecule has 0 radical (unpaired) electrons. The predicted molar refractivity (Wildman–Crippen MR) is 63.2 cm³/mol. The van der Waals surface area contributed by atoms with Gasteiger partial charge in [0.05, 0.1) is 12.6 Å². The molecule has 0 aromatic rings. The monoisotopic (exact) mass is 196 g/mol. The second kappa shape index (κ2) is 7.75. The van der Waals surface area contributed by atoms with Gasteiger partial charge >= 0.3 is 0 Å². The summed E-state index contributed by atoms with van der Waals surface area (Å²) in [6, 6.07) is 2.71. The minimum absolute atomic E-state index is 0.424. The molecule has 0 unspecified atom stereocenters. The summed E-state index contributed by atoms with van der Waals surface area (Å²) in [5.41, 5.74) is 0.424. The first-order valence-corrected chi connectivity index (χ1v) is 5.70. The summed E-state index contributed by atoms with van der Waals surface area (Å²) >= 11 is 0. The molecule has 0 fully saturated rings. The molecule has 0 amide bonds. The topological polar surface area (TPSA) is 24.7 Å². The molecule has 0 aliphatic carbocycles. The van der Waals surface area contributed by atoms with Crippen LogP contribution in [0.4, 0.5) is 0 Å². The molecule has 0 saturated heterocycles. The summed E-state index contributed by atoms with van der Waals surface area (Å²) in [7, 11) is 0. The molecule has 2 heteroatoms. The summed E-state index contributed by atoms with van der Waals surface area (Å²) in [6.45, 7) is 10.5. The van der Waals surface area contributed by atoms with E-state index in [-0.39, 0.29) is 0 Å². The Kier molecular flexibility index (Phi) is 7.41. The number of hydrogen-bond donors (Lipinski definition) is 0. The van der Waals surface area contributed by atoms with E-state index in [4.69, 9.17) is 0 Å². The van der Waals surface area contributed by atoms with Crippen LogP contribution in [0, 0.1) is 5.41 Å². The highest BCUT2D eigenvalue weighted by atomic mass is 14.8. The Hall–Kier alpha value is -0.620. The van der Waals surface area contributed by atoms with E-state index in [9.17, 15) is 0 Å². The third-order valence-corrected chi connectivity index (χ3v) is 2.41. The van der Waals surface area contributed by atoms with Crippen LogP contribution < -0.4 is 0 Å². The van der Waals surface area contributed by atoms with Crippen LogP contribution >= 0.6 is 0 Å². The lowest BCUT2D eigenvalue weighted by atomic mass is 9.84. The molecule has 0 N–H and O–H groups in total. The van der Waals surface area contributed by atoms with Gasteiger partial charge in [0.2, 0.25) is 0 Å². The lowest BCUT2D eigenvalue weighted by molar-refractivity contribution is 0.303. The lowest BCUT2D eigenvalue weighted by Crippen LogP contribution is -2.12. The fourth-order valence-electron chi connectivity index (χ4n) is 1.31. The van der Waals surface area contributed by atoms with Gasteiger partial charge in [-0.05, 0) is 25.2 Å². The molecule has 0 aromatic heterocycles. The quantitative estimate of drug-likeness (QED) is 0.553. The molecule has 0 saturated carbocycles. The van der Waals surface area contributed by atoms with E-state index in [1.165, 1.54) is 19.3 Å². The number of nitrogens with zero attached hydrogens (tertiary/aromatic N) is 2. The summed E-state index contributed by atoms with van der Waals surface area (Å²) in [6.07, 6.45) is 5.03. The van der Waals surface area contributed by atoms with Crippen molar-refractivity contribution >= 4 is 6.01 Å². The van der Waals surface area contributed by atoms with Gasteiger partial charge in [-0.15, -0.1) is 0 Å². The van der Waals surface area contributed by atoms with Gasteiger partial charge in [-0.1, -0.05) is 33.6 Å². The van der Waals surface area contributed by atoms with Crippen molar-refractivity contribution in [2.75, 3.05) is 13.1 Å². The molecule has 0 spiro atoms. The van der Waals surface area contributed by atoms with E-state index in [1.807, 2.05) is 6.92 Å². The van der Waals surface area contributed by atoms with E-state index >= 15 is 0 Å². The molecular weight excluding hydrogens is 172 g/mol. The number of hydrogen-bond acceptors (Lipinski definition) is 2. The maximum absolute atomic E-state index is 4.14. The average molecular weight is 196 g/mol. The highest BCUT2D eigenvalue weighted by Crippen LogP contribution is 2.27. The second-order valence-corrected chi connectivity index (χ2v) is 4.47. The van der Waals surface area contributed by atoms with Crippen molar-refractivity contribution in [1.29, 1.82) is 0 Å². The number of aliphatic imine (C=N–C) groups is 2. The van der Waals surface area contributed by atoms with Gasteiger partial charge in [0, 0.05) is 6.54 Å². The van der Waals surface area contributed by atoms with Gasteiger partial charge in [-0.25, -0.2) is 9.98 Å². The third kappa shape index (κ3) is 8.00. The number of rotatable bonds is 7. The molecule has 0 aliphatic rings. The SMILES string of the molecule is CCCCC(C)(C)CCN=C=NCC. The Labute approximate surface area is 88.5 Å². The maximum Gasteiger partial charge on any atom is 0.0892 e. The summed E-state index contributed by atoms with van der Waals surface area (Å²) in [5, 5.41) is 0. The van der Waals surface area contributed by atoms with Gasteiger partial charge in [-0.3, -0.25) is 0 Å². The van der Waals surface area contributed by atoms with Crippen molar-refractivity contribution in [2.24, 2.45) is 15.4 Å². The molecule has 0 aliphatic heterocycles. The number of unbranched alkanes of at least 4 members (excludes halogenated alkanes) is 1. The second-order valence-electron chi connectivity index (χ2n) is 4.47. The Balaban J connectivity index is 3.69. The molecule has 0 bridgehead atoms. The van der Waals surface area contributed by atoms with Gasteiger partial charge in [-0.2, -0.15) is 0 Å². The zero-order valence-electron chi connectivity index (χ0n) is 10.1. The normalized spacial score (nSPS) is 10.9. The van der Waals surface area contributed by atoms with Crippen LogP contribution in [0.5, 0.6) is 0 Å². The standard InChI is InChI=1S/C12H24N2/c1-5-7-8-12(3,4)9-10-14-11-13-6-2/h5-10H2,1-4H3. The van der Waals surface area contributed by atoms with Crippen LogP contribution in [0.2, 0.25) is 0 Å². The van der Waals surface area contributed by atoms with Crippen LogP contribution in [-0.4, -0.2) is 19.1 Å². The van der Waals surface area contributed by atoms with Crippen LogP contribution in [-0.2, 0) is 0 Å². The Morgan fingerprint density at radius 2 is 1.79 bits per heavy atom. The maximum atomic E-state index is 4.14. The molecule has 0 atom stereocenters. The molecule has 2 nitrogen and oxygen atoms in total. The van der Waals surface area contributed by atoms with Crippen molar-refractivity contribution in [1.82, 2.24) is 0 Å². The summed E-state index contributed by atoms with van der Waals surface area (Å²) in [4.78, 5) is 8.07. The predicted octanol–water partition coefficient (Wildman–Crippen LogP) is 3.79. The minimum Gasteiger partial charge on any atom is -0.226 e. The van der Waals surface area contributed by atoms with E-state index in [1.54, 1.807) is 0 Å². The minimum atomic E-state index is 0.424. The van der Waals surface area contributed by atoms with Gasteiger partial charge < -0.3 is 0 Å². The molecule has 82 valence electrons. The molecular formula is C12H24N2. The first-order chi connectivity index (χ1) is 6.62. The Bertz CT molecular complexity index is 188. The van der Waals surface area contributed by atoms with E-state index in [2.05, 4.69) is 36.8 Å². The van der Waals surface area contributed by atoms with Gasteiger partial charge in [0.1, 0.15) is 0 Å². The zero-order chi connectivity index (χ0) is 10.9. The lowest BCUT2D eigenvalue weighted by Gasteiger charge is -2.22. The van der Waals surface area contributed by atoms with Gasteiger partial charge in [0.25, 0.3) is 0 Å². The first-order valence-electron chi connectivity index (χ1n) is 5.70. The van der Waals surface area contributed by atoms with Crippen molar-refractivity contribution < 1.29 is 0 Å². The van der Waals surface area contributed by atoms with Crippen LogP contribution in [0.15, 0.2) is 9.98 Å². The zero-order valence-corrected chi connectivity index (χ0v) is 10.1. The highest BCUT2D eigenvalue weighted by molar-refractivity contribution is 5.40. The fraction of sp³-hybridized carbons (Fsp3) is 0.917. The van der Waals surface area contributed by atoms with Crippen LogP contribution in [0.25, 0.3) is 0 Å². The summed E-state index contributed by atoms with van der Waals surface area (Å²) in [5.74, 6) is 0. The van der Waals surface area contributed by atoms with Crippen molar-refractivity contribution in [2.45, 2.75) is 53.4 Å². The molecule has 14 heavy (non-hydrogen) atoms. The van der Waals surface area contributed by atoms with Crippen molar-refractivity contribution in [3.8, 4) is 0 Å². The van der Waals surface area contributed by atoms with Crippen molar-refractivity contribution in [3.63, 3.8) is 0 Å². The highest BCUT2D eigenvalue weighted by Gasteiger charge is 2.15.